The molecular weight excluding hydrogens is 438 g/mol. The van der Waals surface area contributed by atoms with Crippen molar-refractivity contribution in [2.24, 2.45) is 0 Å². The van der Waals surface area contributed by atoms with Gasteiger partial charge >= 0.3 is 23.5 Å². The van der Waals surface area contributed by atoms with Gasteiger partial charge in [0.1, 0.15) is 0 Å². The van der Waals surface area contributed by atoms with E-state index in [0.29, 0.717) is 0 Å². The molecule has 1 aromatic rings. The molecule has 1 nitrogen and oxygen atoms in total. The van der Waals surface area contributed by atoms with Gasteiger partial charge in [-0.25, -0.2) is 4.39 Å². The number of hydrogen-bond acceptors (Lipinski definition) is 1. The Morgan fingerprint density at radius 1 is 0.870 bits per heavy atom. The first-order valence-corrected chi connectivity index (χ1v) is 7.00. The molecule has 0 fully saturated rings. The van der Waals surface area contributed by atoms with Crippen molar-refractivity contribution in [3.05, 3.63) is 28.2 Å². The lowest BCUT2D eigenvalue weighted by Crippen LogP contribution is -2.50. The highest BCUT2D eigenvalue weighted by atomic mass is 79.9. The van der Waals surface area contributed by atoms with Crippen LogP contribution in [0, 0.1) is 6.07 Å². The second-order valence-corrected chi connectivity index (χ2v) is 6.24. The van der Waals surface area contributed by atoms with Crippen LogP contribution < -0.4 is 0 Å². The number of alkyl halides is 10. The molecule has 0 saturated heterocycles. The van der Waals surface area contributed by atoms with E-state index in [1.807, 2.05) is 0 Å². The first kappa shape index (κ1) is 20.4. The monoisotopic (exact) mass is 439 g/mol. The second-order valence-electron chi connectivity index (χ2n) is 3.95. The molecular formula is C10H2BrF10OS. The van der Waals surface area contributed by atoms with Crippen LogP contribution in [0.25, 0.3) is 0 Å². The van der Waals surface area contributed by atoms with E-state index in [0.717, 1.165) is 0 Å². The first-order valence-electron chi connectivity index (χ1n) is 5.06. The minimum absolute atomic E-state index is 0.0436. The van der Waals surface area contributed by atoms with Crippen LogP contribution in [0.4, 0.5) is 43.9 Å². The van der Waals surface area contributed by atoms with Gasteiger partial charge in [0.05, 0.1) is 17.2 Å². The SMILES string of the molecule is [O-][S+](c1[c]c(Br)cc(C(F)(C(F)(F)F)C(F)(F)F)c1)C(F)(F)F. The molecule has 0 amide bonds. The molecule has 0 spiro atoms. The zero-order valence-electron chi connectivity index (χ0n) is 10.1. The van der Waals surface area contributed by atoms with Gasteiger partial charge < -0.3 is 4.55 Å². The zero-order chi connectivity index (χ0) is 18.4. The van der Waals surface area contributed by atoms with Crippen LogP contribution in [-0.2, 0) is 16.8 Å². The van der Waals surface area contributed by atoms with Crippen molar-refractivity contribution in [1.29, 1.82) is 0 Å². The van der Waals surface area contributed by atoms with Gasteiger partial charge in [-0.1, -0.05) is 0 Å². The molecule has 1 radical (unpaired) electrons. The molecule has 0 saturated carbocycles. The third-order valence-corrected chi connectivity index (χ3v) is 3.87. The van der Waals surface area contributed by atoms with Crippen LogP contribution in [0.1, 0.15) is 5.56 Å². The summed E-state index contributed by atoms with van der Waals surface area (Å²) in [5.41, 5.74) is -13.6. The van der Waals surface area contributed by atoms with Crippen LogP contribution in [0.15, 0.2) is 21.5 Å². The van der Waals surface area contributed by atoms with Crippen LogP contribution in [-0.4, -0.2) is 22.4 Å². The van der Waals surface area contributed by atoms with Gasteiger partial charge in [0, 0.05) is 16.1 Å². The van der Waals surface area contributed by atoms with Crippen molar-refractivity contribution in [2.75, 3.05) is 0 Å². The van der Waals surface area contributed by atoms with E-state index in [9.17, 15) is 48.5 Å². The van der Waals surface area contributed by atoms with E-state index in [-0.39, 0.29) is 6.07 Å². The Labute approximate surface area is 133 Å². The normalized spacial score (nSPS) is 15.7. The molecule has 0 aliphatic carbocycles. The Hall–Kier alpha value is -0.690. The lowest BCUT2D eigenvalue weighted by Gasteiger charge is -2.30. The first-order chi connectivity index (χ1) is 10.0. The van der Waals surface area contributed by atoms with Crippen LogP contribution in [0.2, 0.25) is 0 Å². The molecule has 0 aliphatic heterocycles. The molecule has 0 bridgehead atoms. The Bertz CT molecular complexity index is 564. The molecule has 1 unspecified atom stereocenters. The van der Waals surface area contributed by atoms with Gasteiger partial charge in [-0.05, 0) is 22.0 Å². The summed E-state index contributed by atoms with van der Waals surface area (Å²) in [6, 6.07) is 1.15. The number of rotatable bonds is 2. The molecule has 1 aromatic carbocycles. The van der Waals surface area contributed by atoms with Crippen molar-refractivity contribution in [3.63, 3.8) is 0 Å². The predicted octanol–water partition coefficient (Wildman–Crippen LogP) is 5.17. The summed E-state index contributed by atoms with van der Waals surface area (Å²) in [5, 5.41) is 0. The Morgan fingerprint density at radius 3 is 1.65 bits per heavy atom. The zero-order valence-corrected chi connectivity index (χ0v) is 12.5. The summed E-state index contributed by atoms with van der Waals surface area (Å²) in [4.78, 5) is -1.59. The van der Waals surface area contributed by atoms with Crippen molar-refractivity contribution in [3.8, 4) is 0 Å². The molecule has 1 atom stereocenters. The summed E-state index contributed by atoms with van der Waals surface area (Å²) in [5.74, 6) is 0. The standard InChI is InChI=1S/C10H2BrF10OS/c11-5-1-4(2-6(3-5)23(22)10(19,20)21)7(12,8(13,14)15)9(16,17)18/h1-2H. The maximum absolute atomic E-state index is 13.8. The fourth-order valence-electron chi connectivity index (χ4n) is 1.42. The minimum Gasteiger partial charge on any atom is -0.604 e. The fraction of sp³-hybridized carbons (Fsp3) is 0.400. The van der Waals surface area contributed by atoms with Crippen molar-refractivity contribution >= 4 is 27.1 Å². The highest BCUT2D eigenvalue weighted by Gasteiger charge is 2.73. The van der Waals surface area contributed by atoms with E-state index in [4.69, 9.17) is 0 Å². The van der Waals surface area contributed by atoms with Crippen molar-refractivity contribution in [2.45, 2.75) is 28.4 Å². The smallest absolute Gasteiger partial charge is 0.578 e. The van der Waals surface area contributed by atoms with Gasteiger partial charge in [-0.15, -0.1) is 13.2 Å². The lowest BCUT2D eigenvalue weighted by atomic mass is 9.94. The highest BCUT2D eigenvalue weighted by Crippen LogP contribution is 2.54. The maximum atomic E-state index is 13.8. The van der Waals surface area contributed by atoms with E-state index in [1.165, 1.54) is 0 Å². The van der Waals surface area contributed by atoms with Crippen molar-refractivity contribution < 1.29 is 48.5 Å². The average molecular weight is 440 g/mol. The largest absolute Gasteiger partial charge is 0.604 e. The summed E-state index contributed by atoms with van der Waals surface area (Å²) in [7, 11) is 0. The lowest BCUT2D eigenvalue weighted by molar-refractivity contribution is -0.348. The summed E-state index contributed by atoms with van der Waals surface area (Å²) in [6.07, 6.45) is -13.0. The van der Waals surface area contributed by atoms with E-state index in [2.05, 4.69) is 15.9 Å². The Balaban J connectivity index is 3.62. The highest BCUT2D eigenvalue weighted by molar-refractivity contribution is 9.10. The third-order valence-electron chi connectivity index (χ3n) is 2.40. The van der Waals surface area contributed by atoms with Gasteiger partial charge in [-0.2, -0.15) is 26.3 Å². The molecule has 13 heteroatoms. The van der Waals surface area contributed by atoms with Gasteiger partial charge in [0.2, 0.25) is 0 Å². The molecule has 0 heterocycles. The van der Waals surface area contributed by atoms with Crippen molar-refractivity contribution in [1.82, 2.24) is 0 Å². The second kappa shape index (κ2) is 5.99. The summed E-state index contributed by atoms with van der Waals surface area (Å²) >= 11 is -1.68. The third kappa shape index (κ3) is 3.87. The molecule has 1 rings (SSSR count). The topological polar surface area (TPSA) is 23.1 Å². The Morgan fingerprint density at radius 2 is 1.30 bits per heavy atom. The molecule has 131 valence electrons. The van der Waals surface area contributed by atoms with Crippen LogP contribution in [0.3, 0.4) is 0 Å². The minimum atomic E-state index is -6.51. The summed E-state index contributed by atoms with van der Waals surface area (Å²) in [6.45, 7) is 0. The molecule has 0 N–H and O–H groups in total. The predicted molar refractivity (Wildman–Crippen MR) is 60.3 cm³/mol. The molecule has 0 aliphatic rings. The molecule has 23 heavy (non-hydrogen) atoms. The summed E-state index contributed by atoms with van der Waals surface area (Å²) < 4.78 is 136. The fourth-order valence-corrected chi connectivity index (χ4v) is 2.70. The quantitative estimate of drug-likeness (QED) is 0.460. The number of benzene rings is 1. The van der Waals surface area contributed by atoms with Gasteiger partial charge in [0.15, 0.2) is 4.90 Å². The van der Waals surface area contributed by atoms with E-state index >= 15 is 0 Å². The number of hydrogen-bond donors (Lipinski definition) is 0. The van der Waals surface area contributed by atoms with E-state index < -0.39 is 55.7 Å². The Kier molecular flexibility index (Phi) is 5.30. The molecule has 0 aromatic heterocycles. The van der Waals surface area contributed by atoms with Gasteiger partial charge in [-0.3, -0.25) is 0 Å². The number of halogens is 11. The van der Waals surface area contributed by atoms with Crippen LogP contribution >= 0.6 is 15.9 Å². The maximum Gasteiger partial charge on any atom is 0.578 e. The van der Waals surface area contributed by atoms with E-state index in [1.54, 1.807) is 6.07 Å². The van der Waals surface area contributed by atoms with Gasteiger partial charge in [0.25, 0.3) is 0 Å². The average Bonchev–Trinajstić information content (AvgIpc) is 2.32. The van der Waals surface area contributed by atoms with Crippen LogP contribution in [0.5, 0.6) is 0 Å².